The van der Waals surface area contributed by atoms with E-state index in [9.17, 15) is 9.59 Å². The SMILES string of the molecule is COC(=O)C1=C(C)N=C2SC=C(CC(=O)N(C)Cc3ccccc3)N2C1c1cccc(Cl)c1. The molecule has 2 aliphatic heterocycles. The molecule has 0 radical (unpaired) electrons. The van der Waals surface area contributed by atoms with E-state index in [1.807, 2.05) is 58.8 Å². The number of methoxy groups -OCH3 is 1. The summed E-state index contributed by atoms with van der Waals surface area (Å²) in [5.74, 6) is -0.480. The zero-order valence-corrected chi connectivity index (χ0v) is 20.2. The third-order valence-electron chi connectivity index (χ3n) is 5.59. The van der Waals surface area contributed by atoms with Crippen LogP contribution in [-0.4, -0.2) is 41.0 Å². The number of amides is 1. The van der Waals surface area contributed by atoms with Crippen molar-refractivity contribution < 1.29 is 14.3 Å². The summed E-state index contributed by atoms with van der Waals surface area (Å²) >= 11 is 7.73. The largest absolute Gasteiger partial charge is 0.466 e. The first-order valence-electron chi connectivity index (χ1n) is 10.4. The number of carbonyl (C=O) groups excluding carboxylic acids is 2. The molecule has 170 valence electrons. The van der Waals surface area contributed by atoms with E-state index in [1.54, 1.807) is 24.9 Å². The molecule has 2 aromatic rings. The molecular formula is C25H24ClN3O3S. The highest BCUT2D eigenvalue weighted by atomic mass is 35.5. The standard InChI is InChI=1S/C25H24ClN3O3S/c1-16-22(24(31)32-3)23(18-10-7-11-19(26)12-18)29-20(15-33-25(29)27-16)13-21(30)28(2)14-17-8-5-4-6-9-17/h4-12,15,23H,13-14H2,1-3H3. The highest BCUT2D eigenvalue weighted by Gasteiger charge is 2.41. The number of nitrogens with zero attached hydrogens (tertiary/aromatic N) is 3. The van der Waals surface area contributed by atoms with Gasteiger partial charge in [-0.25, -0.2) is 9.79 Å². The van der Waals surface area contributed by atoms with Crippen molar-refractivity contribution in [3.63, 3.8) is 0 Å². The summed E-state index contributed by atoms with van der Waals surface area (Å²) in [6.07, 6.45) is 0.180. The van der Waals surface area contributed by atoms with Crippen LogP contribution in [-0.2, 0) is 20.9 Å². The molecule has 8 heteroatoms. The molecule has 1 amide bonds. The smallest absolute Gasteiger partial charge is 0.338 e. The van der Waals surface area contributed by atoms with Crippen LogP contribution in [0.1, 0.15) is 30.5 Å². The minimum absolute atomic E-state index is 0.0253. The average molecular weight is 482 g/mol. The highest BCUT2D eigenvalue weighted by Crippen LogP contribution is 2.45. The van der Waals surface area contributed by atoms with Gasteiger partial charge in [-0.2, -0.15) is 0 Å². The second-order valence-corrected chi connectivity index (χ2v) is 9.12. The number of amidine groups is 1. The Hall–Kier alpha value is -3.03. The predicted molar refractivity (Wildman–Crippen MR) is 131 cm³/mol. The molecule has 2 aromatic carbocycles. The van der Waals surface area contributed by atoms with Gasteiger partial charge in [0, 0.05) is 24.3 Å². The van der Waals surface area contributed by atoms with Crippen LogP contribution in [0.5, 0.6) is 0 Å². The Morgan fingerprint density at radius 3 is 2.64 bits per heavy atom. The number of thioether (sulfide) groups is 1. The Morgan fingerprint density at radius 1 is 1.18 bits per heavy atom. The molecule has 0 saturated carbocycles. The summed E-state index contributed by atoms with van der Waals surface area (Å²) in [7, 11) is 3.15. The Morgan fingerprint density at radius 2 is 1.94 bits per heavy atom. The summed E-state index contributed by atoms with van der Waals surface area (Å²) in [5, 5.41) is 3.21. The van der Waals surface area contributed by atoms with E-state index in [0.29, 0.717) is 22.8 Å². The zero-order chi connectivity index (χ0) is 23.5. The minimum atomic E-state index is -0.489. The van der Waals surface area contributed by atoms with Crippen LogP contribution in [0.3, 0.4) is 0 Å². The van der Waals surface area contributed by atoms with E-state index in [1.165, 1.54) is 18.9 Å². The topological polar surface area (TPSA) is 62.2 Å². The van der Waals surface area contributed by atoms with E-state index in [4.69, 9.17) is 16.3 Å². The van der Waals surface area contributed by atoms with Gasteiger partial charge in [-0.15, -0.1) is 0 Å². The number of ether oxygens (including phenoxy) is 1. The van der Waals surface area contributed by atoms with E-state index in [2.05, 4.69) is 4.99 Å². The fraction of sp³-hybridized carbons (Fsp3) is 0.240. The van der Waals surface area contributed by atoms with Gasteiger partial charge in [0.2, 0.25) is 5.91 Å². The lowest BCUT2D eigenvalue weighted by atomic mass is 9.94. The van der Waals surface area contributed by atoms with Crippen molar-refractivity contribution in [1.82, 2.24) is 9.80 Å². The Balaban J connectivity index is 1.64. The Bertz CT molecular complexity index is 1180. The van der Waals surface area contributed by atoms with Gasteiger partial charge in [0.25, 0.3) is 0 Å². The van der Waals surface area contributed by atoms with Gasteiger partial charge in [-0.05, 0) is 35.6 Å². The maximum Gasteiger partial charge on any atom is 0.338 e. The number of esters is 1. The van der Waals surface area contributed by atoms with Crippen LogP contribution in [0, 0.1) is 0 Å². The van der Waals surface area contributed by atoms with Gasteiger partial charge in [-0.1, -0.05) is 65.8 Å². The molecule has 0 saturated heterocycles. The molecular weight excluding hydrogens is 458 g/mol. The molecule has 2 heterocycles. The van der Waals surface area contributed by atoms with Crippen molar-refractivity contribution in [3.8, 4) is 0 Å². The van der Waals surface area contributed by atoms with Crippen LogP contribution < -0.4 is 0 Å². The lowest BCUT2D eigenvalue weighted by molar-refractivity contribution is -0.136. The molecule has 0 spiro atoms. The normalized spacial score (nSPS) is 17.3. The maximum atomic E-state index is 13.1. The van der Waals surface area contributed by atoms with Gasteiger partial charge < -0.3 is 14.5 Å². The monoisotopic (exact) mass is 481 g/mol. The van der Waals surface area contributed by atoms with Crippen LogP contribution in [0.2, 0.25) is 5.02 Å². The molecule has 0 aliphatic carbocycles. The molecule has 4 rings (SSSR count). The number of aliphatic imine (C=N–C) groups is 1. The lowest BCUT2D eigenvalue weighted by Crippen LogP contribution is -2.38. The maximum absolute atomic E-state index is 13.1. The molecule has 6 nitrogen and oxygen atoms in total. The van der Waals surface area contributed by atoms with Crippen molar-refractivity contribution in [2.45, 2.75) is 25.9 Å². The number of halogens is 1. The number of hydrogen-bond acceptors (Lipinski definition) is 6. The number of benzene rings is 2. The molecule has 0 N–H and O–H groups in total. The summed E-state index contributed by atoms with van der Waals surface area (Å²) < 4.78 is 5.08. The van der Waals surface area contributed by atoms with Crippen LogP contribution in [0.25, 0.3) is 0 Å². The first-order valence-corrected chi connectivity index (χ1v) is 11.7. The van der Waals surface area contributed by atoms with Crippen molar-refractivity contribution in [3.05, 3.63) is 93.1 Å². The van der Waals surface area contributed by atoms with Gasteiger partial charge in [0.05, 0.1) is 30.8 Å². The molecule has 0 fully saturated rings. The third kappa shape index (κ3) is 4.84. The number of hydrogen-bond donors (Lipinski definition) is 0. The highest BCUT2D eigenvalue weighted by molar-refractivity contribution is 8.16. The molecule has 2 aliphatic rings. The number of rotatable bonds is 6. The van der Waals surface area contributed by atoms with Crippen molar-refractivity contribution in [2.75, 3.05) is 14.2 Å². The predicted octanol–water partition coefficient (Wildman–Crippen LogP) is 5.14. The number of allylic oxidation sites excluding steroid dienone is 1. The third-order valence-corrected chi connectivity index (χ3v) is 6.71. The Labute approximate surface area is 202 Å². The van der Waals surface area contributed by atoms with E-state index in [0.717, 1.165) is 22.0 Å². The van der Waals surface area contributed by atoms with Gasteiger partial charge in [-0.3, -0.25) is 4.79 Å². The Kier molecular flexibility index (Phi) is 6.91. The average Bonchev–Trinajstić information content (AvgIpc) is 3.20. The summed E-state index contributed by atoms with van der Waals surface area (Å²) in [6, 6.07) is 16.7. The number of fused-ring (bicyclic) bond motifs is 1. The summed E-state index contributed by atoms with van der Waals surface area (Å²) in [6.45, 7) is 2.32. The molecule has 0 bridgehead atoms. The van der Waals surface area contributed by atoms with Crippen molar-refractivity contribution in [1.29, 1.82) is 0 Å². The molecule has 1 unspecified atom stereocenters. The van der Waals surface area contributed by atoms with Crippen LogP contribution in [0.4, 0.5) is 0 Å². The fourth-order valence-electron chi connectivity index (χ4n) is 3.97. The van der Waals surface area contributed by atoms with Gasteiger partial charge in [0.1, 0.15) is 0 Å². The van der Waals surface area contributed by atoms with Crippen molar-refractivity contribution >= 4 is 40.4 Å². The lowest BCUT2D eigenvalue weighted by Gasteiger charge is -2.36. The van der Waals surface area contributed by atoms with E-state index < -0.39 is 12.0 Å². The second-order valence-electron chi connectivity index (χ2n) is 7.85. The summed E-state index contributed by atoms with van der Waals surface area (Å²) in [4.78, 5) is 34.2. The molecule has 33 heavy (non-hydrogen) atoms. The fourth-order valence-corrected chi connectivity index (χ4v) is 5.13. The van der Waals surface area contributed by atoms with Gasteiger partial charge in [0.15, 0.2) is 5.17 Å². The quantitative estimate of drug-likeness (QED) is 0.535. The van der Waals surface area contributed by atoms with Crippen molar-refractivity contribution in [2.24, 2.45) is 4.99 Å². The second kappa shape index (κ2) is 9.85. The summed E-state index contributed by atoms with van der Waals surface area (Å²) in [5.41, 5.74) is 3.69. The zero-order valence-electron chi connectivity index (χ0n) is 18.6. The molecule has 1 atom stereocenters. The first-order chi connectivity index (χ1) is 15.9. The molecule has 0 aromatic heterocycles. The van der Waals surface area contributed by atoms with Crippen LogP contribution in [0.15, 0.2) is 82.0 Å². The first kappa shape index (κ1) is 23.1. The van der Waals surface area contributed by atoms with Gasteiger partial charge >= 0.3 is 5.97 Å². The van der Waals surface area contributed by atoms with Crippen LogP contribution >= 0.6 is 23.4 Å². The number of carbonyl (C=O) groups is 2. The van der Waals surface area contributed by atoms with E-state index >= 15 is 0 Å². The minimum Gasteiger partial charge on any atom is -0.466 e. The van der Waals surface area contributed by atoms with E-state index in [-0.39, 0.29) is 12.3 Å².